The van der Waals surface area contributed by atoms with Crippen molar-refractivity contribution in [3.8, 4) is 5.69 Å². The predicted octanol–water partition coefficient (Wildman–Crippen LogP) is 5.89. The number of hydrogen-bond donors (Lipinski definition) is 1. The molecule has 0 fully saturated rings. The Balaban J connectivity index is 2.14. The lowest BCUT2D eigenvalue weighted by molar-refractivity contribution is 0.102. The molecule has 0 aliphatic rings. The fourth-order valence-corrected chi connectivity index (χ4v) is 3.89. The van der Waals surface area contributed by atoms with E-state index < -0.39 is 0 Å². The molecular weight excluding hydrogens is 428 g/mol. The Hall–Kier alpha value is -2.66. The number of benzene rings is 2. The van der Waals surface area contributed by atoms with Gasteiger partial charge in [-0.1, -0.05) is 60.0 Å². The first-order valence-electron chi connectivity index (χ1n) is 9.89. The van der Waals surface area contributed by atoms with E-state index in [9.17, 15) is 9.59 Å². The molecule has 1 amide bonds. The largest absolute Gasteiger partial charge is 0.322 e. The van der Waals surface area contributed by atoms with Gasteiger partial charge in [-0.2, -0.15) is 0 Å². The number of unbranched alkanes of at least 4 members (excludes halogenated alkanes) is 2. The highest BCUT2D eigenvalue weighted by Gasteiger charge is 2.21. The second-order valence-electron chi connectivity index (χ2n) is 7.06. The van der Waals surface area contributed by atoms with Crippen molar-refractivity contribution in [1.29, 1.82) is 0 Å². The number of carbonyl (C=O) groups is 1. The van der Waals surface area contributed by atoms with Gasteiger partial charge in [-0.3, -0.25) is 9.59 Å². The molecule has 0 spiro atoms. The van der Waals surface area contributed by atoms with Crippen molar-refractivity contribution in [2.75, 3.05) is 5.32 Å². The van der Waals surface area contributed by atoms with E-state index in [0.29, 0.717) is 12.1 Å². The van der Waals surface area contributed by atoms with Crippen LogP contribution in [0.15, 0.2) is 69.9 Å². The van der Waals surface area contributed by atoms with Crippen LogP contribution in [0.4, 0.5) is 5.69 Å². The third-order valence-electron chi connectivity index (χ3n) is 4.84. The summed E-state index contributed by atoms with van der Waals surface area (Å²) >= 11 is 3.52. The molecule has 29 heavy (non-hydrogen) atoms. The molecule has 0 saturated carbocycles. The lowest BCUT2D eigenvalue weighted by Gasteiger charge is -2.20. The smallest absolute Gasteiger partial charge is 0.261 e. The van der Waals surface area contributed by atoms with Crippen molar-refractivity contribution in [2.24, 2.45) is 0 Å². The highest BCUT2D eigenvalue weighted by molar-refractivity contribution is 9.10. The predicted molar refractivity (Wildman–Crippen MR) is 122 cm³/mol. The van der Waals surface area contributed by atoms with E-state index in [1.165, 1.54) is 0 Å². The summed E-state index contributed by atoms with van der Waals surface area (Å²) in [5, 5.41) is 2.88. The van der Waals surface area contributed by atoms with Gasteiger partial charge in [0.15, 0.2) is 5.43 Å². The van der Waals surface area contributed by atoms with Gasteiger partial charge in [-0.05, 0) is 50.1 Å². The van der Waals surface area contributed by atoms with Crippen LogP contribution in [0, 0.1) is 6.92 Å². The lowest BCUT2D eigenvalue weighted by atomic mass is 10.0. The monoisotopic (exact) mass is 452 g/mol. The molecule has 1 N–H and O–H groups in total. The second kappa shape index (κ2) is 9.70. The zero-order chi connectivity index (χ0) is 20.8. The van der Waals surface area contributed by atoms with Crippen LogP contribution in [0.25, 0.3) is 5.69 Å². The molecule has 0 bridgehead atoms. The summed E-state index contributed by atoms with van der Waals surface area (Å²) in [5.74, 6) is -0.364. The Labute approximate surface area is 179 Å². The van der Waals surface area contributed by atoms with Gasteiger partial charge in [0, 0.05) is 33.3 Å². The molecule has 0 radical (unpaired) electrons. The fourth-order valence-electron chi connectivity index (χ4n) is 3.51. The third kappa shape index (κ3) is 5.04. The number of halogens is 1. The van der Waals surface area contributed by atoms with Crippen LogP contribution in [0.3, 0.4) is 0 Å². The minimum atomic E-state index is -0.364. The number of anilines is 1. The second-order valence-corrected chi connectivity index (χ2v) is 7.98. The Morgan fingerprint density at radius 2 is 1.79 bits per heavy atom. The van der Waals surface area contributed by atoms with E-state index in [1.54, 1.807) is 6.07 Å². The van der Waals surface area contributed by atoms with Crippen LogP contribution < -0.4 is 10.7 Å². The Morgan fingerprint density at radius 1 is 1.03 bits per heavy atom. The molecule has 0 unspecified atom stereocenters. The van der Waals surface area contributed by atoms with E-state index in [4.69, 9.17) is 0 Å². The van der Waals surface area contributed by atoms with Crippen LogP contribution in [0.2, 0.25) is 0 Å². The van der Waals surface area contributed by atoms with Crippen LogP contribution in [0.1, 0.15) is 47.9 Å². The third-order valence-corrected chi connectivity index (χ3v) is 5.33. The van der Waals surface area contributed by atoms with Crippen molar-refractivity contribution in [2.45, 2.75) is 39.5 Å². The van der Waals surface area contributed by atoms with Gasteiger partial charge in [0.1, 0.15) is 5.56 Å². The van der Waals surface area contributed by atoms with Crippen molar-refractivity contribution >= 4 is 27.5 Å². The molecule has 3 rings (SSSR count). The highest BCUT2D eigenvalue weighted by atomic mass is 79.9. The number of nitrogens with zero attached hydrogens (tertiary/aromatic N) is 1. The number of pyridine rings is 1. The number of aromatic nitrogens is 1. The molecule has 0 saturated heterocycles. The first-order valence-corrected chi connectivity index (χ1v) is 10.7. The van der Waals surface area contributed by atoms with Crippen molar-refractivity contribution in [3.05, 3.63) is 92.3 Å². The molecule has 1 aromatic heterocycles. The SMILES string of the molecule is CCCCCc1c(C(=O)Nc2ccccc2)c(=O)cc(C)n1-c1cccc(Br)c1. The summed E-state index contributed by atoms with van der Waals surface area (Å²) in [6, 6.07) is 18.7. The maximum absolute atomic E-state index is 13.1. The molecule has 2 aromatic carbocycles. The number of carbonyl (C=O) groups excluding carboxylic acids is 1. The topological polar surface area (TPSA) is 51.1 Å². The molecule has 0 aliphatic heterocycles. The fraction of sp³-hybridized carbons (Fsp3) is 0.250. The van der Waals surface area contributed by atoms with E-state index in [1.807, 2.05) is 66.1 Å². The number of para-hydroxylation sites is 1. The van der Waals surface area contributed by atoms with E-state index in [2.05, 4.69) is 28.2 Å². The van der Waals surface area contributed by atoms with Gasteiger partial charge in [-0.25, -0.2) is 0 Å². The number of amides is 1. The summed E-state index contributed by atoms with van der Waals surface area (Å²) in [4.78, 5) is 26.0. The van der Waals surface area contributed by atoms with E-state index in [0.717, 1.165) is 40.8 Å². The van der Waals surface area contributed by atoms with Gasteiger partial charge in [0.25, 0.3) is 5.91 Å². The summed E-state index contributed by atoms with van der Waals surface area (Å²) in [6.07, 6.45) is 3.69. The van der Waals surface area contributed by atoms with E-state index >= 15 is 0 Å². The van der Waals surface area contributed by atoms with Crippen LogP contribution in [-0.2, 0) is 6.42 Å². The standard InChI is InChI=1S/C24H25BrN2O2/c1-3-4-6-14-21-23(24(29)26-19-11-7-5-8-12-19)22(28)15-17(2)27(21)20-13-9-10-18(25)16-20/h5,7-13,15-16H,3-4,6,14H2,1-2H3,(H,26,29). The summed E-state index contributed by atoms with van der Waals surface area (Å²) in [7, 11) is 0. The molecule has 3 aromatic rings. The molecule has 150 valence electrons. The Kier molecular flexibility index (Phi) is 7.04. The van der Waals surface area contributed by atoms with Gasteiger partial charge < -0.3 is 9.88 Å². The maximum Gasteiger partial charge on any atom is 0.261 e. The molecule has 1 heterocycles. The molecule has 5 heteroatoms. The quantitative estimate of drug-likeness (QED) is 0.454. The van der Waals surface area contributed by atoms with Gasteiger partial charge in [0.2, 0.25) is 0 Å². The summed E-state index contributed by atoms with van der Waals surface area (Å²) < 4.78 is 2.98. The number of aryl methyl sites for hydroxylation is 1. The zero-order valence-corrected chi connectivity index (χ0v) is 18.3. The average molecular weight is 453 g/mol. The van der Waals surface area contributed by atoms with Crippen LogP contribution in [0.5, 0.6) is 0 Å². The average Bonchev–Trinajstić information content (AvgIpc) is 2.68. The zero-order valence-electron chi connectivity index (χ0n) is 16.7. The first kappa shape index (κ1) is 21.1. The van der Waals surface area contributed by atoms with Gasteiger partial charge >= 0.3 is 0 Å². The Morgan fingerprint density at radius 3 is 2.48 bits per heavy atom. The summed E-state index contributed by atoms with van der Waals surface area (Å²) in [6.45, 7) is 4.05. The lowest BCUT2D eigenvalue weighted by Crippen LogP contribution is -2.28. The normalized spacial score (nSPS) is 10.7. The van der Waals surface area contributed by atoms with E-state index in [-0.39, 0.29) is 16.9 Å². The van der Waals surface area contributed by atoms with Crippen molar-refractivity contribution in [3.63, 3.8) is 0 Å². The molecule has 0 aliphatic carbocycles. The molecular formula is C24H25BrN2O2. The highest BCUT2D eigenvalue weighted by Crippen LogP contribution is 2.22. The van der Waals surface area contributed by atoms with Crippen molar-refractivity contribution in [1.82, 2.24) is 4.57 Å². The minimum absolute atomic E-state index is 0.218. The summed E-state index contributed by atoms with van der Waals surface area (Å²) in [5.41, 5.74) is 3.15. The van der Waals surface area contributed by atoms with Gasteiger partial charge in [0.05, 0.1) is 0 Å². The number of hydrogen-bond acceptors (Lipinski definition) is 2. The number of rotatable bonds is 7. The van der Waals surface area contributed by atoms with Crippen LogP contribution in [-0.4, -0.2) is 10.5 Å². The maximum atomic E-state index is 13.1. The first-order chi connectivity index (χ1) is 14.0. The van der Waals surface area contributed by atoms with Gasteiger partial charge in [-0.15, -0.1) is 0 Å². The Bertz CT molecular complexity index is 1060. The van der Waals surface area contributed by atoms with Crippen molar-refractivity contribution < 1.29 is 4.79 Å². The number of nitrogens with one attached hydrogen (secondary N) is 1. The molecule has 4 nitrogen and oxygen atoms in total. The van der Waals surface area contributed by atoms with Crippen LogP contribution >= 0.6 is 15.9 Å². The minimum Gasteiger partial charge on any atom is -0.322 e. The molecule has 0 atom stereocenters.